The van der Waals surface area contributed by atoms with E-state index in [0.717, 1.165) is 34.8 Å². The van der Waals surface area contributed by atoms with Crippen molar-refractivity contribution in [2.45, 2.75) is 32.4 Å². The predicted molar refractivity (Wildman–Crippen MR) is 103 cm³/mol. The molecule has 4 heterocycles. The van der Waals surface area contributed by atoms with Gasteiger partial charge in [-0.25, -0.2) is 15.0 Å². The molecule has 4 aromatic heterocycles. The maximum atomic E-state index is 12.6. The third-order valence-corrected chi connectivity index (χ3v) is 5.37. The van der Waals surface area contributed by atoms with Gasteiger partial charge in [0.1, 0.15) is 5.69 Å². The second-order valence-electron chi connectivity index (χ2n) is 6.78. The molecule has 8 heteroatoms. The van der Waals surface area contributed by atoms with Gasteiger partial charge < -0.3 is 9.88 Å². The van der Waals surface area contributed by atoms with Crippen LogP contribution in [-0.4, -0.2) is 35.9 Å². The Morgan fingerprint density at radius 2 is 2.22 bits per heavy atom. The summed E-state index contributed by atoms with van der Waals surface area (Å²) in [6.07, 6.45) is 7.72. The molecule has 0 saturated heterocycles. The smallest absolute Gasteiger partial charge is 0.272 e. The Hall–Kier alpha value is -3.00. The van der Waals surface area contributed by atoms with Crippen LogP contribution in [0.2, 0.25) is 0 Å². The molecule has 1 N–H and O–H groups in total. The van der Waals surface area contributed by atoms with Crippen LogP contribution in [0.15, 0.2) is 42.3 Å². The lowest BCUT2D eigenvalue weighted by atomic mass is 10.3. The van der Waals surface area contributed by atoms with Gasteiger partial charge in [0.2, 0.25) is 0 Å². The summed E-state index contributed by atoms with van der Waals surface area (Å²) in [6.45, 7) is 2.66. The lowest BCUT2D eigenvalue weighted by Crippen LogP contribution is -2.25. The fourth-order valence-corrected chi connectivity index (χ4v) is 3.70. The third kappa shape index (κ3) is 3.12. The first-order chi connectivity index (χ1) is 13.2. The van der Waals surface area contributed by atoms with Gasteiger partial charge in [-0.15, -0.1) is 11.3 Å². The average Bonchev–Trinajstić information content (AvgIpc) is 3.06. The first-order valence-corrected chi connectivity index (χ1v) is 9.76. The number of nitrogens with one attached hydrogen (secondary N) is 1. The minimum Gasteiger partial charge on any atom is -0.348 e. The second kappa shape index (κ2) is 6.31. The zero-order chi connectivity index (χ0) is 18.4. The zero-order valence-corrected chi connectivity index (χ0v) is 15.6. The first kappa shape index (κ1) is 16.2. The Morgan fingerprint density at radius 3 is 3.00 bits per heavy atom. The summed E-state index contributed by atoms with van der Waals surface area (Å²) in [5.41, 5.74) is 2.98. The molecule has 0 aromatic carbocycles. The number of thiazole rings is 1. The van der Waals surface area contributed by atoms with Crippen LogP contribution in [0.1, 0.15) is 34.0 Å². The van der Waals surface area contributed by atoms with E-state index >= 15 is 0 Å². The maximum absolute atomic E-state index is 12.6. The van der Waals surface area contributed by atoms with Crippen LogP contribution in [0.25, 0.3) is 17.0 Å². The van der Waals surface area contributed by atoms with Crippen LogP contribution in [-0.2, 0) is 6.54 Å². The van der Waals surface area contributed by atoms with E-state index in [2.05, 4.69) is 25.6 Å². The number of hydrogen-bond acceptors (Lipinski definition) is 5. The SMILES string of the molecule is Cc1nc(Cn2cnc(-c3nc(C(=O)NC4CC4)c4ccccn34)c2)cs1. The topological polar surface area (TPSA) is 77.1 Å². The molecule has 1 aliphatic carbocycles. The lowest BCUT2D eigenvalue weighted by molar-refractivity contribution is 0.0948. The van der Waals surface area contributed by atoms with E-state index in [9.17, 15) is 4.79 Å². The van der Waals surface area contributed by atoms with E-state index < -0.39 is 0 Å². The van der Waals surface area contributed by atoms with E-state index in [4.69, 9.17) is 0 Å². The molecule has 0 radical (unpaired) electrons. The molecular formula is C19H18N6OS. The molecule has 0 aliphatic heterocycles. The standard InChI is InChI=1S/C19H18N6OS/c1-12-21-14(10-27-12)8-24-9-15(20-11-24)18-23-17(19(26)22-13-5-6-13)16-4-2-3-7-25(16)18/h2-4,7,9-11,13H,5-6,8H2,1H3,(H,22,26). The average molecular weight is 378 g/mol. The van der Waals surface area contributed by atoms with Gasteiger partial charge in [0.15, 0.2) is 11.5 Å². The fourth-order valence-electron chi connectivity index (χ4n) is 3.10. The van der Waals surface area contributed by atoms with E-state index in [1.54, 1.807) is 17.7 Å². The van der Waals surface area contributed by atoms with Crippen LogP contribution >= 0.6 is 11.3 Å². The molecule has 0 bridgehead atoms. The lowest BCUT2D eigenvalue weighted by Gasteiger charge is -2.00. The van der Waals surface area contributed by atoms with Crippen LogP contribution in [0.5, 0.6) is 0 Å². The molecule has 27 heavy (non-hydrogen) atoms. The van der Waals surface area contributed by atoms with Gasteiger partial charge >= 0.3 is 0 Å². The van der Waals surface area contributed by atoms with Crippen molar-refractivity contribution in [3.8, 4) is 11.5 Å². The van der Waals surface area contributed by atoms with Crippen molar-refractivity contribution in [1.82, 2.24) is 29.2 Å². The summed E-state index contributed by atoms with van der Waals surface area (Å²) >= 11 is 1.64. The molecule has 136 valence electrons. The van der Waals surface area contributed by atoms with E-state index in [0.29, 0.717) is 24.1 Å². The zero-order valence-electron chi connectivity index (χ0n) is 14.8. The highest BCUT2D eigenvalue weighted by Crippen LogP contribution is 2.24. The molecule has 0 atom stereocenters. The molecular weight excluding hydrogens is 360 g/mol. The summed E-state index contributed by atoms with van der Waals surface area (Å²) in [6, 6.07) is 6.04. The molecule has 4 aromatic rings. The number of rotatable bonds is 5. The van der Waals surface area contributed by atoms with Gasteiger partial charge in [-0.1, -0.05) is 6.07 Å². The molecule has 7 nitrogen and oxygen atoms in total. The van der Waals surface area contributed by atoms with E-state index in [-0.39, 0.29) is 5.91 Å². The predicted octanol–water partition coefficient (Wildman–Crippen LogP) is 2.90. The van der Waals surface area contributed by atoms with Crippen LogP contribution in [0, 0.1) is 6.92 Å². The van der Waals surface area contributed by atoms with Gasteiger partial charge in [0.25, 0.3) is 5.91 Å². The highest BCUT2D eigenvalue weighted by atomic mass is 32.1. The number of imidazole rings is 2. The Bertz CT molecular complexity index is 1140. The highest BCUT2D eigenvalue weighted by molar-refractivity contribution is 7.09. The number of carbonyl (C=O) groups is 1. The number of carbonyl (C=O) groups excluding carboxylic acids is 1. The number of hydrogen-bond donors (Lipinski definition) is 1. The second-order valence-corrected chi connectivity index (χ2v) is 7.84. The van der Waals surface area contributed by atoms with Crippen molar-refractivity contribution >= 4 is 22.8 Å². The normalized spacial score (nSPS) is 14.0. The number of nitrogens with zero attached hydrogens (tertiary/aromatic N) is 5. The summed E-state index contributed by atoms with van der Waals surface area (Å²) < 4.78 is 3.90. The van der Waals surface area contributed by atoms with Crippen molar-refractivity contribution in [3.05, 3.63) is 58.7 Å². The third-order valence-electron chi connectivity index (χ3n) is 4.55. The number of fused-ring (bicyclic) bond motifs is 1. The minimum atomic E-state index is -0.121. The molecule has 1 saturated carbocycles. The van der Waals surface area contributed by atoms with E-state index in [1.807, 2.05) is 46.5 Å². The van der Waals surface area contributed by atoms with Crippen molar-refractivity contribution in [2.24, 2.45) is 0 Å². The monoisotopic (exact) mass is 378 g/mol. The number of amides is 1. The molecule has 0 unspecified atom stereocenters. The Labute approximate surface area is 159 Å². The summed E-state index contributed by atoms with van der Waals surface area (Å²) in [5.74, 6) is 0.546. The van der Waals surface area contributed by atoms with Gasteiger partial charge in [-0.2, -0.15) is 0 Å². The number of aryl methyl sites for hydroxylation is 1. The van der Waals surface area contributed by atoms with Crippen molar-refractivity contribution in [3.63, 3.8) is 0 Å². The van der Waals surface area contributed by atoms with Crippen molar-refractivity contribution in [2.75, 3.05) is 0 Å². The van der Waals surface area contributed by atoms with Crippen LogP contribution in [0.3, 0.4) is 0 Å². The number of aromatic nitrogens is 5. The Balaban J connectivity index is 1.50. The largest absolute Gasteiger partial charge is 0.348 e. The number of pyridine rings is 1. The van der Waals surface area contributed by atoms with Crippen molar-refractivity contribution in [1.29, 1.82) is 0 Å². The maximum Gasteiger partial charge on any atom is 0.272 e. The van der Waals surface area contributed by atoms with Crippen LogP contribution < -0.4 is 5.32 Å². The van der Waals surface area contributed by atoms with Gasteiger partial charge in [0, 0.05) is 23.8 Å². The van der Waals surface area contributed by atoms with Crippen LogP contribution in [0.4, 0.5) is 0 Å². The fraction of sp³-hybridized carbons (Fsp3) is 0.263. The van der Waals surface area contributed by atoms with Gasteiger partial charge in [-0.3, -0.25) is 9.20 Å². The highest BCUT2D eigenvalue weighted by Gasteiger charge is 2.27. The van der Waals surface area contributed by atoms with E-state index in [1.165, 1.54) is 0 Å². The van der Waals surface area contributed by atoms with Gasteiger partial charge in [-0.05, 0) is 31.9 Å². The Kier molecular flexibility index (Phi) is 3.78. The van der Waals surface area contributed by atoms with Gasteiger partial charge in [0.05, 0.1) is 29.1 Å². The summed E-state index contributed by atoms with van der Waals surface area (Å²) in [7, 11) is 0. The Morgan fingerprint density at radius 1 is 1.33 bits per heavy atom. The molecule has 5 rings (SSSR count). The summed E-state index contributed by atoms with van der Waals surface area (Å²) in [5, 5.41) is 6.13. The minimum absolute atomic E-state index is 0.121. The molecule has 1 aliphatic rings. The quantitative estimate of drug-likeness (QED) is 0.579. The molecule has 1 amide bonds. The van der Waals surface area contributed by atoms with Crippen molar-refractivity contribution < 1.29 is 4.79 Å². The first-order valence-electron chi connectivity index (χ1n) is 8.88. The molecule has 0 spiro atoms. The molecule has 1 fully saturated rings. The summed E-state index contributed by atoms with van der Waals surface area (Å²) in [4.78, 5) is 26.2.